The Balaban J connectivity index is 1.99. The van der Waals surface area contributed by atoms with Gasteiger partial charge >= 0.3 is 11.9 Å². The zero-order valence-corrected chi connectivity index (χ0v) is 13.8. The summed E-state index contributed by atoms with van der Waals surface area (Å²) in [5.74, 6) is -3.91. The summed E-state index contributed by atoms with van der Waals surface area (Å²) in [6.07, 6.45) is 0. The molecule has 120 valence electrons. The maximum atomic E-state index is 12.3. The largest absolute Gasteiger partial charge is 0.392 e. The third kappa shape index (κ3) is 1.32. The van der Waals surface area contributed by atoms with Crippen LogP contribution in [-0.2, 0) is 25.5 Å². The molecule has 6 heteroatoms. The van der Waals surface area contributed by atoms with Crippen LogP contribution < -0.4 is 0 Å². The van der Waals surface area contributed by atoms with Crippen molar-refractivity contribution in [3.8, 4) is 0 Å². The van der Waals surface area contributed by atoms with E-state index in [1.54, 1.807) is 42.5 Å². The predicted molar refractivity (Wildman–Crippen MR) is 84.7 cm³/mol. The molecule has 2 aromatic carbocycles. The Labute approximate surface area is 145 Å². The summed E-state index contributed by atoms with van der Waals surface area (Å²) in [6.45, 7) is 0. The number of carbonyl (C=O) groups is 2. The van der Waals surface area contributed by atoms with Crippen molar-refractivity contribution in [2.24, 2.45) is 11.8 Å². The van der Waals surface area contributed by atoms with E-state index < -0.39 is 35.0 Å². The molecule has 4 aliphatic rings. The standard InChI is InChI=1S/C18H11BrO5/c19-8-5-6-11-12(7-8)18(23)10-4-2-1-3-9(10)17(11,22)13-14(18)16(21)24-15(13)20/h1-7,13-14,22-23H. The third-order valence-electron chi connectivity index (χ3n) is 5.49. The summed E-state index contributed by atoms with van der Waals surface area (Å²) >= 11 is 3.37. The molecular weight excluding hydrogens is 376 g/mol. The second-order valence-corrected chi connectivity index (χ2v) is 7.38. The molecule has 2 bridgehead atoms. The number of benzene rings is 2. The van der Waals surface area contributed by atoms with Gasteiger partial charge in [0.15, 0.2) is 0 Å². The van der Waals surface area contributed by atoms with Crippen LogP contribution in [0.1, 0.15) is 22.3 Å². The first-order chi connectivity index (χ1) is 11.4. The summed E-state index contributed by atoms with van der Waals surface area (Å²) in [5.41, 5.74) is -1.69. The van der Waals surface area contributed by atoms with E-state index >= 15 is 0 Å². The molecule has 2 N–H and O–H groups in total. The van der Waals surface area contributed by atoms with E-state index in [0.29, 0.717) is 26.7 Å². The number of hydrogen-bond acceptors (Lipinski definition) is 5. The van der Waals surface area contributed by atoms with Crippen molar-refractivity contribution < 1.29 is 24.5 Å². The van der Waals surface area contributed by atoms with E-state index in [4.69, 9.17) is 4.74 Å². The molecule has 0 spiro atoms. The average molecular weight is 387 g/mol. The first-order valence-corrected chi connectivity index (χ1v) is 8.30. The minimum atomic E-state index is -1.71. The van der Waals surface area contributed by atoms with E-state index in [9.17, 15) is 19.8 Å². The molecule has 1 heterocycles. The van der Waals surface area contributed by atoms with Gasteiger partial charge in [0.1, 0.15) is 23.0 Å². The average Bonchev–Trinajstić information content (AvgIpc) is 2.88. The van der Waals surface area contributed by atoms with Gasteiger partial charge in [0.25, 0.3) is 0 Å². The molecule has 1 aliphatic heterocycles. The minimum absolute atomic E-state index is 0.422. The highest BCUT2D eigenvalue weighted by Gasteiger charge is 2.73. The molecule has 0 aromatic heterocycles. The van der Waals surface area contributed by atoms with Crippen molar-refractivity contribution in [3.05, 3.63) is 69.2 Å². The van der Waals surface area contributed by atoms with Gasteiger partial charge in [0.2, 0.25) is 0 Å². The molecule has 0 saturated carbocycles. The Hall–Kier alpha value is -2.02. The van der Waals surface area contributed by atoms with Gasteiger partial charge in [-0.05, 0) is 34.4 Å². The predicted octanol–water partition coefficient (Wildman–Crippen LogP) is 1.56. The van der Waals surface area contributed by atoms with Gasteiger partial charge in [-0.1, -0.05) is 46.3 Å². The lowest BCUT2D eigenvalue weighted by atomic mass is 9.50. The fourth-order valence-corrected chi connectivity index (χ4v) is 4.96. The fraction of sp³-hybridized carbons (Fsp3) is 0.222. The van der Waals surface area contributed by atoms with Crippen molar-refractivity contribution in [2.75, 3.05) is 0 Å². The Morgan fingerprint density at radius 2 is 1.33 bits per heavy atom. The van der Waals surface area contributed by atoms with Crippen molar-refractivity contribution >= 4 is 27.9 Å². The monoisotopic (exact) mass is 386 g/mol. The topological polar surface area (TPSA) is 83.8 Å². The molecule has 4 atom stereocenters. The number of ether oxygens (including phenoxy) is 1. The first-order valence-electron chi connectivity index (χ1n) is 7.51. The van der Waals surface area contributed by atoms with E-state index in [-0.39, 0.29) is 0 Å². The summed E-state index contributed by atoms with van der Waals surface area (Å²) in [7, 11) is 0. The maximum absolute atomic E-state index is 12.3. The molecule has 0 amide bonds. The van der Waals surface area contributed by atoms with Gasteiger partial charge in [0.05, 0.1) is 0 Å². The zero-order valence-electron chi connectivity index (χ0n) is 12.2. The van der Waals surface area contributed by atoms with Crippen LogP contribution in [0.4, 0.5) is 0 Å². The van der Waals surface area contributed by atoms with Crippen LogP contribution in [0.5, 0.6) is 0 Å². The molecule has 1 saturated heterocycles. The van der Waals surface area contributed by atoms with Crippen molar-refractivity contribution in [3.63, 3.8) is 0 Å². The summed E-state index contributed by atoms with van der Waals surface area (Å²) in [5, 5.41) is 23.2. The van der Waals surface area contributed by atoms with E-state index in [1.165, 1.54) is 0 Å². The third-order valence-corrected chi connectivity index (χ3v) is 5.99. The molecule has 0 radical (unpaired) electrons. The summed E-state index contributed by atoms with van der Waals surface area (Å²) in [4.78, 5) is 24.7. The number of aliphatic hydroxyl groups is 2. The number of hydrogen-bond donors (Lipinski definition) is 2. The molecule has 24 heavy (non-hydrogen) atoms. The second-order valence-electron chi connectivity index (χ2n) is 6.46. The van der Waals surface area contributed by atoms with Crippen LogP contribution >= 0.6 is 15.9 Å². The van der Waals surface area contributed by atoms with Crippen LogP contribution in [0.2, 0.25) is 0 Å². The van der Waals surface area contributed by atoms with Gasteiger partial charge in [0, 0.05) is 4.47 Å². The summed E-state index contributed by atoms with van der Waals surface area (Å²) < 4.78 is 5.51. The van der Waals surface area contributed by atoms with Crippen molar-refractivity contribution in [2.45, 2.75) is 11.2 Å². The fourth-order valence-electron chi connectivity index (χ4n) is 4.59. The lowest BCUT2D eigenvalue weighted by molar-refractivity contribution is -0.155. The summed E-state index contributed by atoms with van der Waals surface area (Å²) in [6, 6.07) is 11.9. The van der Waals surface area contributed by atoms with Crippen LogP contribution in [0, 0.1) is 11.8 Å². The number of carbonyl (C=O) groups excluding carboxylic acids is 2. The molecule has 1 fully saturated rings. The molecule has 4 unspecified atom stereocenters. The smallest absolute Gasteiger partial charge is 0.321 e. The van der Waals surface area contributed by atoms with Gasteiger partial charge in [-0.25, -0.2) is 0 Å². The number of cyclic esters (lactones) is 2. The first kappa shape index (κ1) is 14.3. The highest BCUT2D eigenvalue weighted by atomic mass is 79.9. The zero-order chi connectivity index (χ0) is 16.9. The Morgan fingerprint density at radius 1 is 0.833 bits per heavy atom. The Morgan fingerprint density at radius 3 is 1.92 bits per heavy atom. The lowest BCUT2D eigenvalue weighted by Gasteiger charge is -2.54. The second kappa shape index (κ2) is 4.14. The quantitative estimate of drug-likeness (QED) is 0.530. The minimum Gasteiger partial charge on any atom is -0.392 e. The van der Waals surface area contributed by atoms with Crippen molar-refractivity contribution in [1.29, 1.82) is 0 Å². The molecule has 2 aromatic rings. The van der Waals surface area contributed by atoms with Crippen LogP contribution in [0.3, 0.4) is 0 Å². The van der Waals surface area contributed by atoms with Gasteiger partial charge < -0.3 is 14.9 Å². The maximum Gasteiger partial charge on any atom is 0.321 e. The van der Waals surface area contributed by atoms with Gasteiger partial charge in [-0.2, -0.15) is 0 Å². The van der Waals surface area contributed by atoms with Crippen LogP contribution in [-0.4, -0.2) is 22.2 Å². The number of halogens is 1. The highest BCUT2D eigenvalue weighted by molar-refractivity contribution is 9.10. The van der Waals surface area contributed by atoms with E-state index in [2.05, 4.69) is 15.9 Å². The number of esters is 2. The van der Waals surface area contributed by atoms with Gasteiger partial charge in [-0.15, -0.1) is 0 Å². The van der Waals surface area contributed by atoms with Gasteiger partial charge in [-0.3, -0.25) is 9.59 Å². The number of rotatable bonds is 0. The van der Waals surface area contributed by atoms with E-state index in [0.717, 1.165) is 0 Å². The SMILES string of the molecule is O=C1OC(=O)C2C1C1(O)c3ccccc3C2(O)c2cc(Br)ccc21. The molecular formula is C18H11BrO5. The normalized spacial score (nSPS) is 35.3. The lowest BCUT2D eigenvalue weighted by Crippen LogP contribution is -2.61. The highest BCUT2D eigenvalue weighted by Crippen LogP contribution is 2.64. The Kier molecular flexibility index (Phi) is 2.47. The molecule has 5 nitrogen and oxygen atoms in total. The van der Waals surface area contributed by atoms with Crippen LogP contribution in [0.25, 0.3) is 0 Å². The van der Waals surface area contributed by atoms with E-state index in [1.807, 2.05) is 0 Å². The molecule has 6 rings (SSSR count). The Bertz CT molecular complexity index is 954. The van der Waals surface area contributed by atoms with Crippen molar-refractivity contribution in [1.82, 2.24) is 0 Å². The molecule has 3 aliphatic carbocycles. The van der Waals surface area contributed by atoms with Crippen LogP contribution in [0.15, 0.2) is 46.9 Å².